The first kappa shape index (κ1) is 11.1. The number of Topliss-reactive ketones (excluding diaryl/α,β-unsaturated/α-hetero) is 1. The maximum atomic E-state index is 9.64. The van der Waals surface area contributed by atoms with Gasteiger partial charge in [0.15, 0.2) is 0 Å². The Morgan fingerprint density at radius 2 is 1.11 bits per heavy atom. The number of carboxylic acid groups (broad SMARTS) is 2. The van der Waals surface area contributed by atoms with E-state index >= 15 is 0 Å². The van der Waals surface area contributed by atoms with E-state index in [-0.39, 0.29) is 18.9 Å². The Morgan fingerprint density at radius 3 is 1.11 bits per heavy atom. The van der Waals surface area contributed by atoms with Crippen LogP contribution in [0, 0.1) is 0 Å². The van der Waals surface area contributed by atoms with Gasteiger partial charge in [-0.05, 0) is 0 Å². The molecule has 0 heterocycles. The molecule has 0 radical (unpaired) electrons. The summed E-state index contributed by atoms with van der Waals surface area (Å²) >= 11 is 0. The number of hydrogen-bond donors (Lipinski definition) is 2. The third-order valence-corrected chi connectivity index (χ3v) is 0.388. The summed E-state index contributed by atoms with van der Waals surface area (Å²) in [6, 6.07) is 0. The first-order valence-corrected chi connectivity index (χ1v) is 1.56. The zero-order valence-electron chi connectivity index (χ0n) is 3.62. The van der Waals surface area contributed by atoms with Gasteiger partial charge in [0.05, 0.1) is 0 Å². The third-order valence-electron chi connectivity index (χ3n) is 0.388. The molecule has 0 spiro atoms. The molecule has 5 nitrogen and oxygen atoms in total. The summed E-state index contributed by atoms with van der Waals surface area (Å²) in [5, 5.41) is 15.2. The molecule has 0 aromatic heterocycles. The standard InChI is InChI=1S/C3H2O5.Li.H/c4-1(2(5)6)3(7)8;;/h(H,5,6)(H,7,8);;. The van der Waals surface area contributed by atoms with Crippen LogP contribution in [0.5, 0.6) is 0 Å². The molecular weight excluding hydrogens is 123 g/mol. The van der Waals surface area contributed by atoms with Gasteiger partial charge >= 0.3 is 36.6 Å². The Labute approximate surface area is 61.8 Å². The Hall–Kier alpha value is -0.793. The monoisotopic (exact) mass is 126 g/mol. The van der Waals surface area contributed by atoms with Crippen molar-refractivity contribution < 1.29 is 24.6 Å². The minimum absolute atomic E-state index is 0. The molecule has 9 heavy (non-hydrogen) atoms. The van der Waals surface area contributed by atoms with E-state index in [1.807, 2.05) is 0 Å². The molecule has 0 aliphatic heterocycles. The number of ketones is 1. The van der Waals surface area contributed by atoms with Crippen molar-refractivity contribution in [1.29, 1.82) is 0 Å². The first-order chi connectivity index (χ1) is 3.55. The Kier molecular flexibility index (Phi) is 5.07. The molecule has 0 fully saturated rings. The van der Waals surface area contributed by atoms with Crippen molar-refractivity contribution in [2.24, 2.45) is 0 Å². The fourth-order valence-electron chi connectivity index (χ4n) is 0.0915. The van der Waals surface area contributed by atoms with Crippen LogP contribution in [0.4, 0.5) is 0 Å². The predicted molar refractivity (Wildman–Crippen MR) is 27.4 cm³/mol. The van der Waals surface area contributed by atoms with Crippen molar-refractivity contribution in [2.75, 3.05) is 0 Å². The predicted octanol–water partition coefficient (Wildman–Crippen LogP) is -1.92. The average Bonchev–Trinajstić information content (AvgIpc) is 1.64. The van der Waals surface area contributed by atoms with E-state index in [0.717, 1.165) is 0 Å². The van der Waals surface area contributed by atoms with Crippen molar-refractivity contribution in [3.8, 4) is 0 Å². The Bertz CT molecular complexity index is 134. The molecule has 0 aliphatic rings. The van der Waals surface area contributed by atoms with Crippen molar-refractivity contribution in [3.05, 3.63) is 0 Å². The van der Waals surface area contributed by atoms with Gasteiger partial charge in [-0.15, -0.1) is 0 Å². The fraction of sp³-hybridized carbons (Fsp3) is 0. The molecule has 0 atom stereocenters. The average molecular weight is 126 g/mol. The fourth-order valence-corrected chi connectivity index (χ4v) is 0.0915. The first-order valence-electron chi connectivity index (χ1n) is 1.56. The molecule has 6 heteroatoms. The van der Waals surface area contributed by atoms with Gasteiger partial charge in [-0.1, -0.05) is 0 Å². The molecule has 0 unspecified atom stereocenters. The van der Waals surface area contributed by atoms with Gasteiger partial charge in [0.25, 0.3) is 0 Å². The summed E-state index contributed by atoms with van der Waals surface area (Å²) in [7, 11) is 0. The summed E-state index contributed by atoms with van der Waals surface area (Å²) in [5.41, 5.74) is 0. The van der Waals surface area contributed by atoms with Crippen LogP contribution < -0.4 is 0 Å². The van der Waals surface area contributed by atoms with Gasteiger partial charge in [0.2, 0.25) is 0 Å². The number of hydrogen-bond acceptors (Lipinski definition) is 3. The van der Waals surface area contributed by atoms with Crippen LogP contribution in [0.25, 0.3) is 0 Å². The quantitative estimate of drug-likeness (QED) is 0.255. The Balaban J connectivity index is 0. The summed E-state index contributed by atoms with van der Waals surface area (Å²) < 4.78 is 0. The summed E-state index contributed by atoms with van der Waals surface area (Å²) in [5.74, 6) is -5.71. The van der Waals surface area contributed by atoms with Crippen molar-refractivity contribution >= 4 is 36.6 Å². The summed E-state index contributed by atoms with van der Waals surface area (Å²) in [4.78, 5) is 28.5. The van der Waals surface area contributed by atoms with E-state index in [0.29, 0.717) is 0 Å². The van der Waals surface area contributed by atoms with Crippen molar-refractivity contribution in [1.82, 2.24) is 0 Å². The number of carbonyl (C=O) groups excluding carboxylic acids is 1. The molecule has 0 rings (SSSR count). The zero-order chi connectivity index (χ0) is 6.73. The minimum atomic E-state index is -1.95. The molecule has 0 aromatic rings. The van der Waals surface area contributed by atoms with Gasteiger partial charge in [0.1, 0.15) is 0 Å². The van der Waals surface area contributed by atoms with Gasteiger partial charge in [-0.25, -0.2) is 9.59 Å². The molecule has 0 saturated carbocycles. The molecule has 0 saturated heterocycles. The second kappa shape index (κ2) is 4.12. The zero-order valence-corrected chi connectivity index (χ0v) is 3.62. The van der Waals surface area contributed by atoms with E-state index in [1.165, 1.54) is 0 Å². The molecule has 46 valence electrons. The van der Waals surface area contributed by atoms with Crippen LogP contribution in [0.1, 0.15) is 0 Å². The van der Waals surface area contributed by atoms with E-state index < -0.39 is 17.7 Å². The van der Waals surface area contributed by atoms with Crippen LogP contribution in [0.2, 0.25) is 0 Å². The second-order valence-electron chi connectivity index (χ2n) is 0.939. The van der Waals surface area contributed by atoms with Crippen molar-refractivity contribution in [2.45, 2.75) is 0 Å². The molecule has 0 amide bonds. The summed E-state index contributed by atoms with van der Waals surface area (Å²) in [6.45, 7) is 0. The van der Waals surface area contributed by atoms with E-state index in [2.05, 4.69) is 0 Å². The van der Waals surface area contributed by atoms with Gasteiger partial charge in [-0.2, -0.15) is 0 Å². The van der Waals surface area contributed by atoms with Crippen LogP contribution >= 0.6 is 0 Å². The van der Waals surface area contributed by atoms with Crippen LogP contribution in [-0.4, -0.2) is 46.8 Å². The van der Waals surface area contributed by atoms with Gasteiger partial charge in [-0.3, -0.25) is 4.79 Å². The summed E-state index contributed by atoms with van der Waals surface area (Å²) in [6.07, 6.45) is 0. The molecule has 0 aromatic carbocycles. The third kappa shape index (κ3) is 3.76. The number of carboxylic acids is 2. The van der Waals surface area contributed by atoms with Gasteiger partial charge < -0.3 is 10.2 Å². The second-order valence-corrected chi connectivity index (χ2v) is 0.939. The molecule has 0 bridgehead atoms. The molecule has 2 N–H and O–H groups in total. The van der Waals surface area contributed by atoms with E-state index in [1.54, 1.807) is 0 Å². The number of carbonyl (C=O) groups is 3. The number of aliphatic carboxylic acids is 2. The SMILES string of the molecule is O=C(O)C(=O)C(=O)O.[LiH]. The molecular formula is C3H3LiO5. The maximum absolute atomic E-state index is 9.64. The topological polar surface area (TPSA) is 91.7 Å². The van der Waals surface area contributed by atoms with Gasteiger partial charge in [0, 0.05) is 0 Å². The van der Waals surface area contributed by atoms with Crippen LogP contribution in [-0.2, 0) is 14.4 Å². The molecule has 0 aliphatic carbocycles. The van der Waals surface area contributed by atoms with Crippen LogP contribution in [0.3, 0.4) is 0 Å². The normalized spacial score (nSPS) is 7.11. The van der Waals surface area contributed by atoms with E-state index in [4.69, 9.17) is 10.2 Å². The van der Waals surface area contributed by atoms with Crippen molar-refractivity contribution in [3.63, 3.8) is 0 Å². The van der Waals surface area contributed by atoms with Crippen LogP contribution in [0.15, 0.2) is 0 Å². The Morgan fingerprint density at radius 1 is 0.889 bits per heavy atom. The number of rotatable bonds is 2. The van der Waals surface area contributed by atoms with E-state index in [9.17, 15) is 14.4 Å².